The van der Waals surface area contributed by atoms with Crippen LogP contribution < -0.4 is 10.6 Å². The average Bonchev–Trinajstić information content (AvgIpc) is 3.02. The normalized spacial score (nSPS) is 15.2. The molecule has 1 saturated carbocycles. The van der Waals surface area contributed by atoms with Gasteiger partial charge in [0.05, 0.1) is 0 Å². The minimum atomic E-state index is 0.594. The number of anilines is 2. The van der Waals surface area contributed by atoms with Gasteiger partial charge in [0, 0.05) is 25.3 Å². The van der Waals surface area contributed by atoms with Crippen LogP contribution in [-0.4, -0.2) is 48.1 Å². The number of hydrogen-bond donors (Lipinski definition) is 2. The van der Waals surface area contributed by atoms with Gasteiger partial charge >= 0.3 is 0 Å². The minimum absolute atomic E-state index is 0.594. The lowest BCUT2D eigenvalue weighted by Gasteiger charge is -2.11. The molecule has 2 rings (SSSR count). The third-order valence-corrected chi connectivity index (χ3v) is 2.43. The smallest absolute Gasteiger partial charge is 0.224 e. The molecule has 1 heterocycles. The molecule has 0 bridgehead atoms. The summed E-state index contributed by atoms with van der Waals surface area (Å²) in [6.45, 7) is 1.89. The molecule has 0 spiro atoms. The van der Waals surface area contributed by atoms with E-state index in [-0.39, 0.29) is 0 Å². The van der Waals surface area contributed by atoms with Crippen molar-refractivity contribution < 1.29 is 0 Å². The fourth-order valence-corrected chi connectivity index (χ4v) is 1.34. The minimum Gasteiger partial charge on any atom is -0.369 e. The molecule has 16 heavy (non-hydrogen) atoms. The lowest BCUT2D eigenvalue weighted by molar-refractivity contribution is 0.425. The first-order chi connectivity index (χ1) is 7.74. The Balaban J connectivity index is 1.83. The average molecular weight is 221 g/mol. The zero-order valence-corrected chi connectivity index (χ0v) is 9.90. The second-order valence-corrected chi connectivity index (χ2v) is 4.41. The Hall–Kier alpha value is -1.36. The Morgan fingerprint density at radius 3 is 2.94 bits per heavy atom. The summed E-state index contributed by atoms with van der Waals surface area (Å²) in [6, 6.07) is 2.49. The molecule has 0 aromatic carbocycles. The topological polar surface area (TPSA) is 53.1 Å². The van der Waals surface area contributed by atoms with Crippen molar-refractivity contribution >= 4 is 11.8 Å². The van der Waals surface area contributed by atoms with Crippen molar-refractivity contribution in [3.63, 3.8) is 0 Å². The van der Waals surface area contributed by atoms with Crippen LogP contribution in [0.3, 0.4) is 0 Å². The van der Waals surface area contributed by atoms with Gasteiger partial charge in [-0.3, -0.25) is 0 Å². The van der Waals surface area contributed by atoms with Gasteiger partial charge in [0.2, 0.25) is 5.95 Å². The van der Waals surface area contributed by atoms with Gasteiger partial charge in [0.25, 0.3) is 0 Å². The molecule has 0 saturated heterocycles. The van der Waals surface area contributed by atoms with Gasteiger partial charge in [-0.2, -0.15) is 4.98 Å². The van der Waals surface area contributed by atoms with Crippen molar-refractivity contribution in [3.8, 4) is 0 Å². The van der Waals surface area contributed by atoms with Crippen LogP contribution >= 0.6 is 0 Å². The van der Waals surface area contributed by atoms with Gasteiger partial charge in [0.15, 0.2) is 0 Å². The summed E-state index contributed by atoms with van der Waals surface area (Å²) in [7, 11) is 4.11. The van der Waals surface area contributed by atoms with Crippen molar-refractivity contribution in [1.29, 1.82) is 0 Å². The van der Waals surface area contributed by atoms with E-state index in [1.54, 1.807) is 6.20 Å². The lowest BCUT2D eigenvalue weighted by Crippen LogP contribution is -2.21. The summed E-state index contributed by atoms with van der Waals surface area (Å²) < 4.78 is 0. The van der Waals surface area contributed by atoms with E-state index in [1.807, 2.05) is 6.07 Å². The maximum absolute atomic E-state index is 4.40. The van der Waals surface area contributed by atoms with Crippen LogP contribution in [0.5, 0.6) is 0 Å². The highest BCUT2D eigenvalue weighted by molar-refractivity contribution is 5.40. The standard InChI is InChI=1S/C11H19N5/c1-16(2)8-7-12-10-5-6-13-11(15-10)14-9-3-4-9/h5-6,9H,3-4,7-8H2,1-2H3,(H2,12,13,14,15). The van der Waals surface area contributed by atoms with Crippen LogP contribution in [0.2, 0.25) is 0 Å². The summed E-state index contributed by atoms with van der Waals surface area (Å²) in [5.41, 5.74) is 0. The van der Waals surface area contributed by atoms with Gasteiger partial charge in [-0.15, -0.1) is 0 Å². The molecule has 1 aromatic rings. The lowest BCUT2D eigenvalue weighted by atomic mass is 10.5. The van der Waals surface area contributed by atoms with Crippen LogP contribution in [0, 0.1) is 0 Å². The number of nitrogens with one attached hydrogen (secondary N) is 2. The van der Waals surface area contributed by atoms with E-state index in [2.05, 4.69) is 39.6 Å². The molecule has 1 aliphatic rings. The van der Waals surface area contributed by atoms with Crippen LogP contribution in [-0.2, 0) is 0 Å². The monoisotopic (exact) mass is 221 g/mol. The first-order valence-corrected chi connectivity index (χ1v) is 5.72. The summed E-state index contributed by atoms with van der Waals surface area (Å²) in [4.78, 5) is 10.7. The molecule has 1 aromatic heterocycles. The second-order valence-electron chi connectivity index (χ2n) is 4.41. The molecule has 0 amide bonds. The highest BCUT2D eigenvalue weighted by Crippen LogP contribution is 2.22. The first kappa shape index (κ1) is 11.1. The van der Waals surface area contributed by atoms with Gasteiger partial charge < -0.3 is 15.5 Å². The van der Waals surface area contributed by atoms with Crippen LogP contribution in [0.4, 0.5) is 11.8 Å². The van der Waals surface area contributed by atoms with E-state index >= 15 is 0 Å². The maximum Gasteiger partial charge on any atom is 0.224 e. The maximum atomic E-state index is 4.40. The van der Waals surface area contributed by atoms with E-state index in [9.17, 15) is 0 Å². The Labute approximate surface area is 96.3 Å². The summed E-state index contributed by atoms with van der Waals surface area (Å²) >= 11 is 0. The van der Waals surface area contributed by atoms with Crippen molar-refractivity contribution in [2.75, 3.05) is 37.8 Å². The van der Waals surface area contributed by atoms with E-state index in [4.69, 9.17) is 0 Å². The molecule has 5 heteroatoms. The molecule has 0 atom stereocenters. The fraction of sp³-hybridized carbons (Fsp3) is 0.636. The molecule has 5 nitrogen and oxygen atoms in total. The Bertz CT molecular complexity index is 335. The summed E-state index contributed by atoms with van der Waals surface area (Å²) in [5.74, 6) is 1.62. The quantitative estimate of drug-likeness (QED) is 0.751. The van der Waals surface area contributed by atoms with Crippen molar-refractivity contribution in [2.45, 2.75) is 18.9 Å². The highest BCUT2D eigenvalue weighted by Gasteiger charge is 2.21. The van der Waals surface area contributed by atoms with E-state index in [0.29, 0.717) is 6.04 Å². The van der Waals surface area contributed by atoms with E-state index in [1.165, 1.54) is 12.8 Å². The van der Waals surface area contributed by atoms with Crippen molar-refractivity contribution in [3.05, 3.63) is 12.3 Å². The molecule has 0 unspecified atom stereocenters. The third kappa shape index (κ3) is 3.66. The molecule has 2 N–H and O–H groups in total. The number of aromatic nitrogens is 2. The largest absolute Gasteiger partial charge is 0.369 e. The van der Waals surface area contributed by atoms with Crippen LogP contribution in [0.1, 0.15) is 12.8 Å². The van der Waals surface area contributed by atoms with E-state index < -0.39 is 0 Å². The predicted octanol–water partition coefficient (Wildman–Crippen LogP) is 1.02. The van der Waals surface area contributed by atoms with E-state index in [0.717, 1.165) is 24.9 Å². The van der Waals surface area contributed by atoms with Gasteiger partial charge in [-0.1, -0.05) is 0 Å². The Kier molecular flexibility index (Phi) is 3.56. The Morgan fingerprint density at radius 2 is 2.25 bits per heavy atom. The number of hydrogen-bond acceptors (Lipinski definition) is 5. The Morgan fingerprint density at radius 1 is 1.44 bits per heavy atom. The highest BCUT2D eigenvalue weighted by atomic mass is 15.2. The number of nitrogens with zero attached hydrogens (tertiary/aromatic N) is 3. The van der Waals surface area contributed by atoms with Crippen LogP contribution in [0.15, 0.2) is 12.3 Å². The summed E-state index contributed by atoms with van der Waals surface area (Å²) in [6.07, 6.45) is 4.26. The molecular formula is C11H19N5. The van der Waals surface area contributed by atoms with Crippen molar-refractivity contribution in [1.82, 2.24) is 14.9 Å². The SMILES string of the molecule is CN(C)CCNc1ccnc(NC2CC2)n1. The van der Waals surface area contributed by atoms with Gasteiger partial charge in [-0.05, 0) is 33.0 Å². The first-order valence-electron chi connectivity index (χ1n) is 5.72. The molecule has 1 aliphatic carbocycles. The molecule has 0 aliphatic heterocycles. The number of likely N-dealkylation sites (N-methyl/N-ethyl adjacent to an activating group) is 1. The number of rotatable bonds is 6. The molecule has 0 radical (unpaired) electrons. The summed E-state index contributed by atoms with van der Waals surface area (Å²) in [5, 5.41) is 6.56. The third-order valence-electron chi connectivity index (χ3n) is 2.43. The fourth-order valence-electron chi connectivity index (χ4n) is 1.34. The van der Waals surface area contributed by atoms with Gasteiger partial charge in [0.1, 0.15) is 5.82 Å². The van der Waals surface area contributed by atoms with Crippen molar-refractivity contribution in [2.24, 2.45) is 0 Å². The zero-order valence-electron chi connectivity index (χ0n) is 9.90. The zero-order chi connectivity index (χ0) is 11.4. The van der Waals surface area contributed by atoms with Gasteiger partial charge in [-0.25, -0.2) is 4.98 Å². The van der Waals surface area contributed by atoms with Crippen LogP contribution in [0.25, 0.3) is 0 Å². The predicted molar refractivity (Wildman–Crippen MR) is 65.7 cm³/mol. The molecule has 1 fully saturated rings. The molecule has 88 valence electrons. The molecular weight excluding hydrogens is 202 g/mol. The second kappa shape index (κ2) is 5.12.